The van der Waals surface area contributed by atoms with E-state index in [1.165, 1.54) is 4.68 Å². The predicted molar refractivity (Wildman–Crippen MR) is 74.8 cm³/mol. The normalized spacial score (nSPS) is 22.0. The fraction of sp³-hybridized carbons (Fsp3) is 0.692. The van der Waals surface area contributed by atoms with Crippen LogP contribution in [-0.4, -0.2) is 37.9 Å². The molecule has 1 aliphatic rings. The molecule has 0 saturated heterocycles. The van der Waals surface area contributed by atoms with Crippen LogP contribution >= 0.6 is 0 Å². The maximum absolute atomic E-state index is 12.0. The van der Waals surface area contributed by atoms with Gasteiger partial charge < -0.3 is 10.4 Å². The molecule has 21 heavy (non-hydrogen) atoms. The zero-order valence-electron chi connectivity index (χ0n) is 12.2. The van der Waals surface area contributed by atoms with Gasteiger partial charge >= 0.3 is 5.69 Å². The number of nitrogens with zero attached hydrogens (tertiary/aromatic N) is 3. The van der Waals surface area contributed by atoms with Gasteiger partial charge in [0.1, 0.15) is 17.9 Å². The van der Waals surface area contributed by atoms with Gasteiger partial charge in [-0.1, -0.05) is 12.8 Å². The van der Waals surface area contributed by atoms with Crippen molar-refractivity contribution in [3.05, 3.63) is 21.5 Å². The summed E-state index contributed by atoms with van der Waals surface area (Å²) in [5.41, 5.74) is 0.598. The number of hydrogen-bond donors (Lipinski definition) is 2. The summed E-state index contributed by atoms with van der Waals surface area (Å²) < 4.78 is 1.33. The van der Waals surface area contributed by atoms with Crippen LogP contribution in [-0.2, 0) is 11.3 Å². The minimum Gasteiger partial charge on any atom is -0.391 e. The van der Waals surface area contributed by atoms with Crippen LogP contribution in [0.25, 0.3) is 0 Å². The number of carbonyl (C=O) groups excluding carboxylic acids is 1. The Morgan fingerprint density at radius 2 is 2.14 bits per heavy atom. The lowest BCUT2D eigenvalue weighted by Crippen LogP contribution is -2.46. The van der Waals surface area contributed by atoms with Crippen molar-refractivity contribution in [2.75, 3.05) is 0 Å². The number of aliphatic hydroxyl groups excluding tert-OH is 1. The zero-order valence-corrected chi connectivity index (χ0v) is 12.2. The Labute approximate surface area is 122 Å². The molecule has 116 valence electrons. The van der Waals surface area contributed by atoms with E-state index >= 15 is 0 Å². The largest absolute Gasteiger partial charge is 0.391 e. The quantitative estimate of drug-likeness (QED) is 0.631. The topological polar surface area (TPSA) is 110 Å². The molecule has 1 aromatic rings. The molecule has 0 aliphatic heterocycles. The van der Waals surface area contributed by atoms with Crippen LogP contribution in [0.2, 0.25) is 0 Å². The Morgan fingerprint density at radius 1 is 1.48 bits per heavy atom. The lowest BCUT2D eigenvalue weighted by molar-refractivity contribution is -0.386. The first-order chi connectivity index (χ1) is 9.90. The van der Waals surface area contributed by atoms with Crippen LogP contribution in [0.5, 0.6) is 0 Å². The van der Waals surface area contributed by atoms with Crippen LogP contribution < -0.4 is 5.32 Å². The summed E-state index contributed by atoms with van der Waals surface area (Å²) in [6.07, 6.45) is 2.88. The number of amides is 1. The average Bonchev–Trinajstić information content (AvgIpc) is 2.67. The van der Waals surface area contributed by atoms with E-state index in [-0.39, 0.29) is 24.2 Å². The maximum atomic E-state index is 12.0. The summed E-state index contributed by atoms with van der Waals surface area (Å²) in [4.78, 5) is 22.4. The Hall–Kier alpha value is -1.96. The Morgan fingerprint density at radius 3 is 2.71 bits per heavy atom. The smallest absolute Gasteiger partial charge is 0.312 e. The molecule has 1 aliphatic carbocycles. The van der Waals surface area contributed by atoms with Crippen molar-refractivity contribution in [3.8, 4) is 0 Å². The van der Waals surface area contributed by atoms with E-state index in [2.05, 4.69) is 10.4 Å². The molecule has 0 spiro atoms. The fourth-order valence-corrected chi connectivity index (χ4v) is 2.77. The molecule has 2 atom stereocenters. The first-order valence-corrected chi connectivity index (χ1v) is 7.06. The molecule has 1 amide bonds. The molecule has 1 saturated carbocycles. The van der Waals surface area contributed by atoms with E-state index in [4.69, 9.17) is 0 Å². The number of hydrogen-bond acceptors (Lipinski definition) is 5. The first kappa shape index (κ1) is 15.4. The maximum Gasteiger partial charge on any atom is 0.312 e. The standard InChI is InChI=1S/C13H20N4O4/c1-8-13(17(20)21)9(2)16(15-8)7-12(19)14-10-5-3-4-6-11(10)18/h10-11,18H,3-7H2,1-2H3,(H,14,19)/t10-,11-/m0/s1. The molecular formula is C13H20N4O4. The lowest BCUT2D eigenvalue weighted by Gasteiger charge is -2.28. The van der Waals surface area contributed by atoms with Crippen molar-refractivity contribution in [3.63, 3.8) is 0 Å². The van der Waals surface area contributed by atoms with Gasteiger partial charge in [-0.3, -0.25) is 19.6 Å². The van der Waals surface area contributed by atoms with Gasteiger partial charge in [-0.25, -0.2) is 0 Å². The van der Waals surface area contributed by atoms with Crippen LogP contribution in [0.4, 0.5) is 5.69 Å². The second-order valence-corrected chi connectivity index (χ2v) is 5.46. The Balaban J connectivity index is 2.03. The van der Waals surface area contributed by atoms with Gasteiger partial charge in [-0.2, -0.15) is 5.10 Å². The van der Waals surface area contributed by atoms with E-state index in [1.54, 1.807) is 13.8 Å². The number of carbonyl (C=O) groups is 1. The van der Waals surface area contributed by atoms with Gasteiger partial charge in [-0.05, 0) is 26.7 Å². The van der Waals surface area contributed by atoms with Crippen LogP contribution in [0.1, 0.15) is 37.1 Å². The van der Waals surface area contributed by atoms with Gasteiger partial charge in [0, 0.05) is 0 Å². The van der Waals surface area contributed by atoms with Gasteiger partial charge in [0.25, 0.3) is 0 Å². The van der Waals surface area contributed by atoms with Crippen molar-refractivity contribution < 1.29 is 14.8 Å². The third-order valence-electron chi connectivity index (χ3n) is 3.90. The van der Waals surface area contributed by atoms with Gasteiger partial charge in [0.05, 0.1) is 17.1 Å². The molecule has 0 bridgehead atoms. The summed E-state index contributed by atoms with van der Waals surface area (Å²) in [7, 11) is 0. The van der Waals surface area contributed by atoms with E-state index in [0.717, 1.165) is 19.3 Å². The van der Waals surface area contributed by atoms with E-state index < -0.39 is 11.0 Å². The molecule has 8 heteroatoms. The van der Waals surface area contributed by atoms with Crippen molar-refractivity contribution in [1.29, 1.82) is 0 Å². The number of nitro groups is 1. The van der Waals surface area contributed by atoms with Gasteiger partial charge in [-0.15, -0.1) is 0 Å². The molecule has 1 aromatic heterocycles. The second-order valence-electron chi connectivity index (χ2n) is 5.46. The number of aromatic nitrogens is 2. The minimum atomic E-state index is -0.516. The molecule has 0 unspecified atom stereocenters. The number of nitrogens with one attached hydrogen (secondary N) is 1. The minimum absolute atomic E-state index is 0.0551. The molecule has 2 N–H and O–H groups in total. The SMILES string of the molecule is Cc1nn(CC(=O)N[C@H]2CCCC[C@@H]2O)c(C)c1[N+](=O)[O-]. The van der Waals surface area contributed by atoms with Crippen molar-refractivity contribution >= 4 is 11.6 Å². The monoisotopic (exact) mass is 296 g/mol. The molecular weight excluding hydrogens is 276 g/mol. The molecule has 0 radical (unpaired) electrons. The van der Waals surface area contributed by atoms with E-state index in [0.29, 0.717) is 17.8 Å². The highest BCUT2D eigenvalue weighted by Gasteiger charge is 2.26. The summed E-state index contributed by atoms with van der Waals surface area (Å²) >= 11 is 0. The van der Waals surface area contributed by atoms with Crippen LogP contribution in [0, 0.1) is 24.0 Å². The summed E-state index contributed by atoms with van der Waals surface area (Å²) in [6, 6.07) is -0.238. The van der Waals surface area contributed by atoms with Gasteiger partial charge in [0.15, 0.2) is 0 Å². The lowest BCUT2D eigenvalue weighted by atomic mass is 9.92. The second kappa shape index (κ2) is 6.21. The van der Waals surface area contributed by atoms with Crippen molar-refractivity contribution in [1.82, 2.24) is 15.1 Å². The van der Waals surface area contributed by atoms with Crippen LogP contribution in [0.3, 0.4) is 0 Å². The molecule has 2 rings (SSSR count). The van der Waals surface area contributed by atoms with Crippen molar-refractivity contribution in [2.24, 2.45) is 0 Å². The van der Waals surface area contributed by atoms with E-state index in [1.807, 2.05) is 0 Å². The highest BCUT2D eigenvalue weighted by atomic mass is 16.6. The van der Waals surface area contributed by atoms with Crippen LogP contribution in [0.15, 0.2) is 0 Å². The fourth-order valence-electron chi connectivity index (χ4n) is 2.77. The first-order valence-electron chi connectivity index (χ1n) is 7.06. The highest BCUT2D eigenvalue weighted by molar-refractivity contribution is 5.76. The molecule has 0 aromatic carbocycles. The zero-order chi connectivity index (χ0) is 15.6. The average molecular weight is 296 g/mol. The van der Waals surface area contributed by atoms with Crippen molar-refractivity contribution in [2.45, 2.75) is 58.2 Å². The molecule has 1 heterocycles. The third kappa shape index (κ3) is 3.38. The summed E-state index contributed by atoms with van der Waals surface area (Å²) in [5, 5.41) is 27.6. The highest BCUT2D eigenvalue weighted by Crippen LogP contribution is 2.22. The summed E-state index contributed by atoms with van der Waals surface area (Å²) in [6.45, 7) is 3.04. The summed E-state index contributed by atoms with van der Waals surface area (Å²) in [5.74, 6) is -0.290. The predicted octanol–water partition coefficient (Wildman–Crippen LogP) is 0.828. The van der Waals surface area contributed by atoms with E-state index in [9.17, 15) is 20.0 Å². The Bertz CT molecular complexity index is 555. The number of rotatable bonds is 4. The van der Waals surface area contributed by atoms with Gasteiger partial charge in [0.2, 0.25) is 5.91 Å². The number of aryl methyl sites for hydroxylation is 1. The molecule has 8 nitrogen and oxygen atoms in total. The third-order valence-corrected chi connectivity index (χ3v) is 3.90. The molecule has 1 fully saturated rings. The Kier molecular flexibility index (Phi) is 4.56. The number of aliphatic hydroxyl groups is 1.